The van der Waals surface area contributed by atoms with Crippen molar-refractivity contribution in [1.29, 1.82) is 0 Å². The van der Waals surface area contributed by atoms with Gasteiger partial charge in [-0.05, 0) is 42.7 Å². The predicted octanol–water partition coefficient (Wildman–Crippen LogP) is 4.58. The van der Waals surface area contributed by atoms with E-state index in [2.05, 4.69) is 0 Å². The van der Waals surface area contributed by atoms with E-state index in [-0.39, 0.29) is 29.5 Å². The second kappa shape index (κ2) is 11.1. The third kappa shape index (κ3) is 5.41. The molecule has 0 radical (unpaired) electrons. The highest BCUT2D eigenvalue weighted by Crippen LogP contribution is 2.33. The summed E-state index contributed by atoms with van der Waals surface area (Å²) in [5.41, 5.74) is 1.89. The van der Waals surface area contributed by atoms with Crippen LogP contribution in [-0.4, -0.2) is 49.1 Å². The number of halogens is 1. The maximum absolute atomic E-state index is 14.5. The van der Waals surface area contributed by atoms with Gasteiger partial charge in [-0.1, -0.05) is 61.4 Å². The predicted molar refractivity (Wildman–Crippen MR) is 142 cm³/mol. The molecule has 1 fully saturated rings. The Hall–Kier alpha value is -3.40. The molecule has 2 heterocycles. The van der Waals surface area contributed by atoms with Crippen molar-refractivity contribution in [1.82, 2.24) is 9.21 Å². The number of sulfonamides is 1. The monoisotopic (exact) mass is 535 g/mol. The molecule has 198 valence electrons. The molecule has 3 aromatic rings. The van der Waals surface area contributed by atoms with E-state index in [9.17, 15) is 22.4 Å². The first-order chi connectivity index (χ1) is 18.3. The van der Waals surface area contributed by atoms with Gasteiger partial charge in [-0.25, -0.2) is 12.8 Å². The van der Waals surface area contributed by atoms with Gasteiger partial charge in [-0.3, -0.25) is 19.4 Å². The van der Waals surface area contributed by atoms with Crippen molar-refractivity contribution >= 4 is 27.4 Å². The van der Waals surface area contributed by atoms with Gasteiger partial charge in [0.25, 0.3) is 5.78 Å². The minimum atomic E-state index is -3.78. The van der Waals surface area contributed by atoms with E-state index in [1.165, 1.54) is 33.5 Å². The van der Waals surface area contributed by atoms with Crippen LogP contribution in [0.1, 0.15) is 47.2 Å². The van der Waals surface area contributed by atoms with Gasteiger partial charge in [-0.2, -0.15) is 4.31 Å². The summed E-state index contributed by atoms with van der Waals surface area (Å²) in [5, 5.41) is 0. The molecule has 1 amide bonds. The van der Waals surface area contributed by atoms with Gasteiger partial charge >= 0.3 is 5.91 Å². The van der Waals surface area contributed by atoms with E-state index in [1.807, 2.05) is 35.2 Å². The number of anilines is 1. The largest absolute Gasteiger partial charge is 0.300 e. The minimum absolute atomic E-state index is 0.0219. The summed E-state index contributed by atoms with van der Waals surface area (Å²) in [6.07, 6.45) is 3.58. The summed E-state index contributed by atoms with van der Waals surface area (Å²) >= 11 is 0. The molecule has 0 bridgehead atoms. The molecular formula is C29H30FN3O4S. The molecule has 2 aliphatic heterocycles. The molecule has 9 heteroatoms. The van der Waals surface area contributed by atoms with Gasteiger partial charge in [0, 0.05) is 31.7 Å². The molecule has 0 atom stereocenters. The van der Waals surface area contributed by atoms with Crippen LogP contribution >= 0.6 is 0 Å². The van der Waals surface area contributed by atoms with Crippen molar-refractivity contribution in [2.24, 2.45) is 0 Å². The summed E-state index contributed by atoms with van der Waals surface area (Å²) in [6.45, 7) is 1.57. The Bertz CT molecular complexity index is 1440. The molecule has 0 aliphatic carbocycles. The van der Waals surface area contributed by atoms with Gasteiger partial charge < -0.3 is 0 Å². The number of carbonyl (C=O) groups excluding carboxylic acids is 2. The number of ketones is 1. The maximum Gasteiger partial charge on any atom is 0.300 e. The summed E-state index contributed by atoms with van der Waals surface area (Å²) in [4.78, 5) is 29.3. The molecule has 0 N–H and O–H groups in total. The third-order valence-electron chi connectivity index (χ3n) is 7.09. The number of carbonyl (C=O) groups is 2. The van der Waals surface area contributed by atoms with Crippen molar-refractivity contribution in [3.8, 4) is 0 Å². The Balaban J connectivity index is 1.43. The van der Waals surface area contributed by atoms with Crippen LogP contribution in [-0.2, 0) is 27.9 Å². The van der Waals surface area contributed by atoms with Crippen LogP contribution in [0.25, 0.3) is 0 Å². The van der Waals surface area contributed by atoms with Crippen LogP contribution in [0, 0.1) is 5.82 Å². The van der Waals surface area contributed by atoms with Gasteiger partial charge in [0.05, 0.1) is 22.8 Å². The van der Waals surface area contributed by atoms with Crippen molar-refractivity contribution in [3.05, 3.63) is 95.3 Å². The molecule has 5 rings (SSSR count). The Morgan fingerprint density at radius 2 is 1.50 bits per heavy atom. The van der Waals surface area contributed by atoms with Crippen LogP contribution in [0.2, 0.25) is 0 Å². The van der Waals surface area contributed by atoms with Gasteiger partial charge in [0.1, 0.15) is 5.82 Å². The Morgan fingerprint density at radius 3 is 2.21 bits per heavy atom. The highest BCUT2D eigenvalue weighted by molar-refractivity contribution is 7.89. The molecule has 3 aromatic carbocycles. The first-order valence-electron chi connectivity index (χ1n) is 12.8. The third-order valence-corrected chi connectivity index (χ3v) is 8.98. The minimum Gasteiger partial charge on any atom is -0.291 e. The van der Waals surface area contributed by atoms with E-state index >= 15 is 0 Å². The molecular weight excluding hydrogens is 505 g/mol. The molecule has 7 nitrogen and oxygen atoms in total. The topological polar surface area (TPSA) is 78.0 Å². The number of hydrogen-bond donors (Lipinski definition) is 0. The fourth-order valence-electron chi connectivity index (χ4n) is 5.08. The van der Waals surface area contributed by atoms with Crippen LogP contribution in [0.15, 0.2) is 77.7 Å². The lowest BCUT2D eigenvalue weighted by Gasteiger charge is -2.28. The zero-order valence-corrected chi connectivity index (χ0v) is 21.9. The van der Waals surface area contributed by atoms with E-state index in [0.29, 0.717) is 30.9 Å². The fraction of sp³-hybridized carbons (Fsp3) is 0.310. The standard InChI is InChI=1S/C29H30FN3O4S/c30-26-13-7-6-12-23(26)20-31(19-22-10-4-3-5-11-22)21-33-27-15-14-24(18-25(27)28(34)29(33)35)38(36,37)32-16-8-1-2-9-17-32/h3-7,10-15,18H,1-2,8-9,16-17,19-21H2. The van der Waals surface area contributed by atoms with Crippen LogP contribution < -0.4 is 4.90 Å². The average Bonchev–Trinajstić information content (AvgIpc) is 3.11. The number of amides is 1. The quantitative estimate of drug-likeness (QED) is 0.395. The highest BCUT2D eigenvalue weighted by atomic mass is 32.2. The van der Waals surface area contributed by atoms with Gasteiger partial charge in [-0.15, -0.1) is 0 Å². The van der Waals surface area contributed by atoms with E-state index in [0.717, 1.165) is 31.2 Å². The summed E-state index contributed by atoms with van der Waals surface area (Å²) < 4.78 is 42.6. The number of rotatable bonds is 8. The lowest BCUT2D eigenvalue weighted by Crippen LogP contribution is -2.40. The molecule has 1 saturated heterocycles. The molecule has 0 spiro atoms. The summed E-state index contributed by atoms with van der Waals surface area (Å²) in [6, 6.07) is 20.4. The lowest BCUT2D eigenvalue weighted by molar-refractivity contribution is -0.114. The summed E-state index contributed by atoms with van der Waals surface area (Å²) in [7, 11) is -3.78. The van der Waals surface area contributed by atoms with Crippen LogP contribution in [0.5, 0.6) is 0 Å². The Labute approximate surface area is 222 Å². The van der Waals surface area contributed by atoms with Crippen LogP contribution in [0.4, 0.5) is 10.1 Å². The normalized spacial score (nSPS) is 16.6. The second-order valence-corrected chi connectivity index (χ2v) is 11.7. The highest BCUT2D eigenvalue weighted by Gasteiger charge is 2.38. The molecule has 0 aromatic heterocycles. The fourth-order valence-corrected chi connectivity index (χ4v) is 6.62. The van der Waals surface area contributed by atoms with E-state index in [1.54, 1.807) is 18.2 Å². The van der Waals surface area contributed by atoms with Gasteiger partial charge in [0.15, 0.2) is 0 Å². The molecule has 38 heavy (non-hydrogen) atoms. The Morgan fingerprint density at radius 1 is 0.816 bits per heavy atom. The smallest absolute Gasteiger partial charge is 0.291 e. The zero-order chi connectivity index (χ0) is 26.7. The molecule has 2 aliphatic rings. The summed E-state index contributed by atoms with van der Waals surface area (Å²) in [5.74, 6) is -1.81. The maximum atomic E-state index is 14.5. The second-order valence-electron chi connectivity index (χ2n) is 9.77. The number of Topliss-reactive ketones (excluding diaryl/α,β-unsaturated/α-hetero) is 1. The Kier molecular flexibility index (Phi) is 7.69. The first-order valence-corrected chi connectivity index (χ1v) is 14.3. The number of hydrogen-bond acceptors (Lipinski definition) is 5. The van der Waals surface area contributed by atoms with E-state index < -0.39 is 21.7 Å². The number of fused-ring (bicyclic) bond motifs is 1. The van der Waals surface area contributed by atoms with Crippen molar-refractivity contribution in [2.45, 2.75) is 43.7 Å². The number of nitrogens with zero attached hydrogens (tertiary/aromatic N) is 3. The van der Waals surface area contributed by atoms with Crippen molar-refractivity contribution in [2.75, 3.05) is 24.7 Å². The lowest BCUT2D eigenvalue weighted by atomic mass is 10.1. The molecule has 0 unspecified atom stereocenters. The number of benzene rings is 3. The van der Waals surface area contributed by atoms with Crippen molar-refractivity contribution in [3.63, 3.8) is 0 Å². The van der Waals surface area contributed by atoms with E-state index in [4.69, 9.17) is 0 Å². The van der Waals surface area contributed by atoms with Crippen LogP contribution in [0.3, 0.4) is 0 Å². The SMILES string of the molecule is O=C1C(=O)N(CN(Cc2ccccc2)Cc2ccccc2F)c2ccc(S(=O)(=O)N3CCCCCC3)cc21. The average molecular weight is 536 g/mol. The zero-order valence-electron chi connectivity index (χ0n) is 21.1. The first kappa shape index (κ1) is 26.2. The molecule has 0 saturated carbocycles. The van der Waals surface area contributed by atoms with Gasteiger partial charge in [0.2, 0.25) is 10.0 Å². The van der Waals surface area contributed by atoms with Crippen molar-refractivity contribution < 1.29 is 22.4 Å².